The van der Waals surface area contributed by atoms with Gasteiger partial charge in [-0.15, -0.1) is 0 Å². The second kappa shape index (κ2) is 5.26. The van der Waals surface area contributed by atoms with E-state index in [1.165, 1.54) is 0 Å². The van der Waals surface area contributed by atoms with Crippen LogP contribution in [0.4, 0.5) is 5.69 Å². The normalized spacial score (nSPS) is 21.3. The van der Waals surface area contributed by atoms with Crippen molar-refractivity contribution in [3.63, 3.8) is 0 Å². The zero-order valence-corrected chi connectivity index (χ0v) is 12.2. The first-order chi connectivity index (χ1) is 10.2. The number of rotatable bonds is 4. The van der Waals surface area contributed by atoms with Crippen LogP contribution >= 0.6 is 0 Å². The summed E-state index contributed by atoms with van der Waals surface area (Å²) < 4.78 is 16.0. The van der Waals surface area contributed by atoms with Gasteiger partial charge in [0, 0.05) is 12.8 Å². The number of aryl methyl sites for hydroxylation is 1. The summed E-state index contributed by atoms with van der Waals surface area (Å²) in [6.45, 7) is 1.96. The van der Waals surface area contributed by atoms with Crippen molar-refractivity contribution < 1.29 is 18.7 Å². The molecule has 2 atom stereocenters. The Morgan fingerprint density at radius 1 is 1.14 bits per heavy atom. The van der Waals surface area contributed by atoms with Gasteiger partial charge in [-0.3, -0.25) is 9.69 Å². The van der Waals surface area contributed by atoms with Crippen molar-refractivity contribution >= 4 is 11.6 Å². The summed E-state index contributed by atoms with van der Waals surface area (Å²) >= 11 is 0. The fraction of sp³-hybridized carbons (Fsp3) is 0.312. The minimum absolute atomic E-state index is 0.0662. The Kier molecular flexibility index (Phi) is 3.43. The van der Waals surface area contributed by atoms with E-state index in [0.717, 1.165) is 22.8 Å². The molecule has 2 heterocycles. The lowest BCUT2D eigenvalue weighted by Crippen LogP contribution is -2.60. The predicted molar refractivity (Wildman–Crippen MR) is 77.5 cm³/mol. The number of methoxy groups -OCH3 is 2. The van der Waals surface area contributed by atoms with Gasteiger partial charge in [-0.05, 0) is 42.8 Å². The molecule has 1 aromatic carbocycles. The molecule has 1 aliphatic rings. The lowest BCUT2D eigenvalue weighted by Gasteiger charge is -2.45. The number of carbonyl (C=O) groups is 1. The van der Waals surface area contributed by atoms with E-state index in [1.807, 2.05) is 37.3 Å². The Bertz CT molecular complexity index is 647. The lowest BCUT2D eigenvalue weighted by atomic mass is 9.92. The summed E-state index contributed by atoms with van der Waals surface area (Å²) in [6.07, 6.45) is 1.13. The van der Waals surface area contributed by atoms with Crippen molar-refractivity contribution in [2.45, 2.75) is 19.1 Å². The van der Waals surface area contributed by atoms with Gasteiger partial charge in [-0.2, -0.15) is 0 Å². The largest absolute Gasteiger partial charge is 0.497 e. The molecule has 2 aromatic rings. The van der Waals surface area contributed by atoms with Crippen LogP contribution in [0.3, 0.4) is 0 Å². The van der Waals surface area contributed by atoms with Crippen molar-refractivity contribution in [2.24, 2.45) is 0 Å². The Labute approximate surface area is 123 Å². The maximum Gasteiger partial charge on any atom is 0.259 e. The van der Waals surface area contributed by atoms with Crippen LogP contribution in [0.1, 0.15) is 17.4 Å². The summed E-state index contributed by atoms with van der Waals surface area (Å²) in [5.41, 5.74) is 1.81. The summed E-state index contributed by atoms with van der Waals surface area (Å²) in [4.78, 5) is 14.0. The fourth-order valence-corrected chi connectivity index (χ4v) is 2.67. The van der Waals surface area contributed by atoms with Gasteiger partial charge in [-0.25, -0.2) is 0 Å². The Hall–Kier alpha value is -2.27. The van der Waals surface area contributed by atoms with Gasteiger partial charge in [0.05, 0.1) is 13.4 Å². The molecule has 0 radical (unpaired) electrons. The van der Waals surface area contributed by atoms with Gasteiger partial charge in [0.1, 0.15) is 17.6 Å². The molecule has 5 heteroatoms. The van der Waals surface area contributed by atoms with Crippen LogP contribution in [0.5, 0.6) is 5.75 Å². The van der Waals surface area contributed by atoms with Gasteiger partial charge in [0.25, 0.3) is 5.91 Å². The van der Waals surface area contributed by atoms with Crippen LogP contribution in [-0.2, 0) is 9.53 Å². The van der Waals surface area contributed by atoms with Gasteiger partial charge in [0.2, 0.25) is 0 Å². The molecule has 0 unspecified atom stereocenters. The third-order valence-corrected chi connectivity index (χ3v) is 3.82. The molecular formula is C16H17NO4. The van der Waals surface area contributed by atoms with Crippen molar-refractivity contribution in [3.8, 4) is 5.75 Å². The molecule has 5 nitrogen and oxygen atoms in total. The molecule has 1 amide bonds. The average molecular weight is 287 g/mol. The van der Waals surface area contributed by atoms with Crippen molar-refractivity contribution in [3.05, 3.63) is 47.9 Å². The number of anilines is 1. The first-order valence-corrected chi connectivity index (χ1v) is 6.71. The zero-order chi connectivity index (χ0) is 15.0. The summed E-state index contributed by atoms with van der Waals surface area (Å²) in [5.74, 6) is 1.45. The maximum absolute atomic E-state index is 12.3. The van der Waals surface area contributed by atoms with E-state index in [2.05, 4.69) is 0 Å². The average Bonchev–Trinajstić information content (AvgIpc) is 2.91. The number of carbonyl (C=O) groups excluding carboxylic acids is 1. The Balaban J connectivity index is 1.95. The zero-order valence-electron chi connectivity index (χ0n) is 12.2. The maximum atomic E-state index is 12.3. The third-order valence-electron chi connectivity index (χ3n) is 3.82. The van der Waals surface area contributed by atoms with Gasteiger partial charge >= 0.3 is 0 Å². The van der Waals surface area contributed by atoms with Crippen molar-refractivity contribution in [1.82, 2.24) is 0 Å². The molecule has 0 N–H and O–H groups in total. The highest BCUT2D eigenvalue weighted by molar-refractivity contribution is 6.05. The van der Waals surface area contributed by atoms with Crippen LogP contribution in [-0.4, -0.2) is 26.2 Å². The number of β-lactam (4-membered cyclic amide) rings is 1. The van der Waals surface area contributed by atoms with Gasteiger partial charge in [-0.1, -0.05) is 0 Å². The molecule has 0 aliphatic carbocycles. The van der Waals surface area contributed by atoms with E-state index in [4.69, 9.17) is 13.9 Å². The second-order valence-corrected chi connectivity index (χ2v) is 4.98. The SMILES string of the molecule is COc1ccc(N2C(=O)[C@H](OC)[C@@H]2c2occc2C)cc1. The fourth-order valence-electron chi connectivity index (χ4n) is 2.67. The van der Waals surface area contributed by atoms with E-state index in [0.29, 0.717) is 0 Å². The topological polar surface area (TPSA) is 51.9 Å². The van der Waals surface area contributed by atoms with E-state index >= 15 is 0 Å². The molecule has 1 saturated heterocycles. The molecule has 1 aromatic heterocycles. The first kappa shape index (κ1) is 13.7. The first-order valence-electron chi connectivity index (χ1n) is 6.71. The highest BCUT2D eigenvalue weighted by Gasteiger charge is 2.51. The molecule has 0 spiro atoms. The number of hydrogen-bond acceptors (Lipinski definition) is 4. The van der Waals surface area contributed by atoms with E-state index in [-0.39, 0.29) is 11.9 Å². The van der Waals surface area contributed by atoms with Crippen LogP contribution in [0, 0.1) is 6.92 Å². The number of amides is 1. The van der Waals surface area contributed by atoms with Crippen LogP contribution in [0.25, 0.3) is 0 Å². The smallest absolute Gasteiger partial charge is 0.259 e. The summed E-state index contributed by atoms with van der Waals surface area (Å²) in [6, 6.07) is 9.02. The highest BCUT2D eigenvalue weighted by Crippen LogP contribution is 2.42. The monoisotopic (exact) mass is 287 g/mol. The standard InChI is InChI=1S/C16H17NO4/c1-10-8-9-21-14(10)13-15(20-3)16(18)17(13)11-4-6-12(19-2)7-5-11/h4-9,13,15H,1-3H3/t13-,15+/m0/s1. The van der Waals surface area contributed by atoms with E-state index < -0.39 is 6.10 Å². The lowest BCUT2D eigenvalue weighted by molar-refractivity contribution is -0.140. The van der Waals surface area contributed by atoms with Crippen LogP contribution < -0.4 is 9.64 Å². The molecule has 1 aliphatic heterocycles. The Morgan fingerprint density at radius 2 is 1.86 bits per heavy atom. The van der Waals surface area contributed by atoms with Crippen LogP contribution in [0.2, 0.25) is 0 Å². The van der Waals surface area contributed by atoms with Crippen LogP contribution in [0.15, 0.2) is 41.0 Å². The molecular weight excluding hydrogens is 270 g/mol. The number of furan rings is 1. The molecule has 0 saturated carbocycles. The number of hydrogen-bond donors (Lipinski definition) is 0. The van der Waals surface area contributed by atoms with E-state index in [9.17, 15) is 4.79 Å². The van der Waals surface area contributed by atoms with E-state index in [1.54, 1.807) is 25.4 Å². The number of ether oxygens (including phenoxy) is 2. The Morgan fingerprint density at radius 3 is 2.38 bits per heavy atom. The summed E-state index contributed by atoms with van der Waals surface area (Å²) in [7, 11) is 3.15. The number of benzene rings is 1. The third kappa shape index (κ3) is 2.10. The molecule has 3 rings (SSSR count). The van der Waals surface area contributed by atoms with Crippen molar-refractivity contribution in [1.29, 1.82) is 0 Å². The predicted octanol–water partition coefficient (Wildman–Crippen LogP) is 2.70. The molecule has 21 heavy (non-hydrogen) atoms. The van der Waals surface area contributed by atoms with Gasteiger partial charge < -0.3 is 13.9 Å². The van der Waals surface area contributed by atoms with Gasteiger partial charge in [0.15, 0.2) is 6.10 Å². The highest BCUT2D eigenvalue weighted by atomic mass is 16.5. The minimum atomic E-state index is -0.503. The molecule has 1 fully saturated rings. The second-order valence-electron chi connectivity index (χ2n) is 4.98. The minimum Gasteiger partial charge on any atom is -0.497 e. The summed E-state index contributed by atoms with van der Waals surface area (Å²) in [5, 5.41) is 0. The molecule has 0 bridgehead atoms. The van der Waals surface area contributed by atoms with Crippen molar-refractivity contribution in [2.75, 3.05) is 19.1 Å². The molecule has 110 valence electrons. The quantitative estimate of drug-likeness (QED) is 0.811. The number of nitrogens with zero attached hydrogens (tertiary/aromatic N) is 1.